The Morgan fingerprint density at radius 1 is 0.722 bits per heavy atom. The Bertz CT molecular complexity index is 2780. The molecule has 0 radical (unpaired) electrons. The highest BCUT2D eigenvalue weighted by molar-refractivity contribution is 6.00. The van der Waals surface area contributed by atoms with Gasteiger partial charge < -0.3 is 67.3 Å². The van der Waals surface area contributed by atoms with Gasteiger partial charge in [0.25, 0.3) is 5.91 Å². The number of nitrogens with one attached hydrogen (secondary N) is 5. The van der Waals surface area contributed by atoms with Crippen LogP contribution in [0.15, 0.2) is 97.1 Å². The fourth-order valence-corrected chi connectivity index (χ4v) is 10.1. The minimum atomic E-state index is -1.70. The van der Waals surface area contributed by atoms with Crippen LogP contribution in [0.3, 0.4) is 0 Å². The number of phenols is 1. The first-order valence-corrected chi connectivity index (χ1v) is 27.0. The van der Waals surface area contributed by atoms with E-state index in [4.69, 9.17) is 10.5 Å². The monoisotopic (exact) mass is 1090 g/mol. The predicted molar refractivity (Wildman–Crippen MR) is 291 cm³/mol. The van der Waals surface area contributed by atoms with E-state index >= 15 is 0 Å². The Balaban J connectivity index is 1.12. The quantitative estimate of drug-likeness (QED) is 0.0722. The molecule has 21 heteroatoms. The molecule has 3 saturated heterocycles. The van der Waals surface area contributed by atoms with Gasteiger partial charge in [0.1, 0.15) is 47.8 Å². The lowest BCUT2D eigenvalue weighted by Crippen LogP contribution is -2.61. The Morgan fingerprint density at radius 2 is 1.32 bits per heavy atom. The third-order valence-electron chi connectivity index (χ3n) is 14.5. The smallest absolute Gasteiger partial charge is 0.303 e. The second kappa shape index (κ2) is 27.6. The van der Waals surface area contributed by atoms with Gasteiger partial charge in [-0.15, -0.1) is 0 Å². The van der Waals surface area contributed by atoms with Crippen molar-refractivity contribution in [3.8, 4) is 33.8 Å². The van der Waals surface area contributed by atoms with Gasteiger partial charge in [-0.3, -0.25) is 38.4 Å². The summed E-state index contributed by atoms with van der Waals surface area (Å²) in [5, 5.41) is 54.8. The van der Waals surface area contributed by atoms with Crippen molar-refractivity contribution in [1.82, 2.24) is 36.4 Å². The fraction of sp³-hybridized carbons (Fsp3) is 0.448. The van der Waals surface area contributed by atoms with Crippen molar-refractivity contribution in [1.29, 1.82) is 0 Å². The first-order chi connectivity index (χ1) is 37.9. The molecule has 3 aliphatic rings. The SMILES string of the molecule is CCCCCOc1ccc(-c2ccc(-c3ccc(C(=O)N[C@H]4CCCNC(=O)[C@@H]5C[C@H](N)CN5C(=O)[C@H](CCC(=O)O)NC(=O)[C@H](CCc5ccc(O)cc5)NC(=O)[C@@H]5C[C@@H](O)CN5C(=O)[C@H]([C@@H](C)O)NC4=O)cc3)cc2)cc1. The number of nitrogens with two attached hydrogens (primary N) is 1. The number of nitrogens with zero attached hydrogens (tertiary/aromatic N) is 2. The van der Waals surface area contributed by atoms with E-state index < -0.39 is 121 Å². The number of aliphatic hydroxyl groups excluding tert-OH is 2. The number of fused-ring (bicyclic) bond motifs is 2. The van der Waals surface area contributed by atoms with Crippen LogP contribution in [0.1, 0.15) is 94.0 Å². The largest absolute Gasteiger partial charge is 0.508 e. The molecule has 3 heterocycles. The molecule has 11 N–H and O–H groups in total. The Labute approximate surface area is 458 Å². The molecule has 21 nitrogen and oxygen atoms in total. The van der Waals surface area contributed by atoms with Crippen molar-refractivity contribution >= 4 is 47.3 Å². The van der Waals surface area contributed by atoms with Gasteiger partial charge in [0.2, 0.25) is 35.4 Å². The molecule has 4 aromatic carbocycles. The molecular formula is C58H72N8O13. The molecule has 422 valence electrons. The highest BCUT2D eigenvalue weighted by atomic mass is 16.5. The van der Waals surface area contributed by atoms with E-state index in [9.17, 15) is 58.8 Å². The summed E-state index contributed by atoms with van der Waals surface area (Å²) in [6, 6.07) is 19.4. The predicted octanol–water partition coefficient (Wildman–Crippen LogP) is 2.53. The maximum absolute atomic E-state index is 14.4. The van der Waals surface area contributed by atoms with Crippen LogP contribution in [0.25, 0.3) is 22.3 Å². The molecule has 0 spiro atoms. The molecule has 3 aliphatic heterocycles. The van der Waals surface area contributed by atoms with Crippen LogP contribution >= 0.6 is 0 Å². The summed E-state index contributed by atoms with van der Waals surface area (Å²) in [4.78, 5) is 114. The molecule has 9 atom stereocenters. The number of aliphatic carboxylic acids is 1. The molecule has 7 amide bonds. The second-order valence-electron chi connectivity index (χ2n) is 20.6. The number of carboxylic acid groups (broad SMARTS) is 1. The topological polar surface area (TPSA) is 319 Å². The van der Waals surface area contributed by atoms with E-state index in [2.05, 4.69) is 33.5 Å². The molecular weight excluding hydrogens is 1020 g/mol. The van der Waals surface area contributed by atoms with E-state index in [1.165, 1.54) is 24.0 Å². The normalized spacial score (nSPS) is 24.0. The molecule has 0 unspecified atom stereocenters. The standard InChI is InChI=1S/C58H72N8O13/c1-3-4-5-29-79-44-23-19-39(20-24-44)37-13-11-36(12-14-37)38-15-17-40(18-16-38)52(72)61-45-7-6-28-60-55(75)48-30-41(59)32-65(48)57(77)47(26-27-50(70)71)63-53(73)46(25-10-35-8-21-42(68)22-9-35)62-56(76)49-31-43(69)33-66(49)58(78)51(34(2)67)64-54(45)74/h8-9,11-24,34,41,43,45-49,51,67-69H,3-7,10,25-33,59H2,1-2H3,(H,60,75)(H,61,72)(H,62,76)(H,63,73)(H,64,74)(H,70,71)/t34-,41+,43-,45+,46+,47+,48+,49+,51+/m1/s1. The number of aryl methyl sites for hydroxylation is 1. The molecule has 0 saturated carbocycles. The van der Waals surface area contributed by atoms with Crippen LogP contribution in [0.5, 0.6) is 11.5 Å². The molecule has 0 aliphatic carbocycles. The second-order valence-corrected chi connectivity index (χ2v) is 20.6. The lowest BCUT2D eigenvalue weighted by atomic mass is 9.99. The minimum Gasteiger partial charge on any atom is -0.508 e. The van der Waals surface area contributed by atoms with Crippen LogP contribution in [0.4, 0.5) is 0 Å². The van der Waals surface area contributed by atoms with Gasteiger partial charge in [0.15, 0.2) is 0 Å². The zero-order valence-electron chi connectivity index (χ0n) is 44.5. The summed E-state index contributed by atoms with van der Waals surface area (Å²) < 4.78 is 5.86. The number of rotatable bonds is 16. The number of unbranched alkanes of at least 4 members (excludes halogenated alkanes) is 2. The molecule has 4 aromatic rings. The van der Waals surface area contributed by atoms with Gasteiger partial charge in [-0.05, 0) is 116 Å². The summed E-state index contributed by atoms with van der Waals surface area (Å²) in [6.45, 7) is 3.49. The van der Waals surface area contributed by atoms with Crippen LogP contribution in [0.2, 0.25) is 0 Å². The molecule has 3 fully saturated rings. The number of carbonyl (C=O) groups is 8. The number of hydrogen-bond donors (Lipinski definition) is 10. The summed E-state index contributed by atoms with van der Waals surface area (Å²) in [6.07, 6.45) is -0.791. The van der Waals surface area contributed by atoms with Crippen LogP contribution in [-0.4, -0.2) is 158 Å². The van der Waals surface area contributed by atoms with E-state index in [0.717, 1.165) is 52.2 Å². The third kappa shape index (κ3) is 15.9. The van der Waals surface area contributed by atoms with Crippen molar-refractivity contribution in [3.63, 3.8) is 0 Å². The molecule has 0 aromatic heterocycles. The first kappa shape index (κ1) is 58.8. The van der Waals surface area contributed by atoms with Gasteiger partial charge in [0.05, 0.1) is 18.8 Å². The lowest BCUT2D eigenvalue weighted by molar-refractivity contribution is -0.145. The fourth-order valence-electron chi connectivity index (χ4n) is 10.1. The number of aromatic hydroxyl groups is 1. The zero-order chi connectivity index (χ0) is 56.8. The Morgan fingerprint density at radius 3 is 1.94 bits per heavy atom. The molecule has 79 heavy (non-hydrogen) atoms. The average Bonchev–Trinajstić information content (AvgIpc) is 4.10. The molecule has 7 rings (SSSR count). The first-order valence-electron chi connectivity index (χ1n) is 27.0. The average molecular weight is 1090 g/mol. The number of carboxylic acids is 1. The lowest BCUT2D eigenvalue weighted by Gasteiger charge is -2.32. The number of ether oxygens (including phenoxy) is 1. The van der Waals surface area contributed by atoms with Gasteiger partial charge >= 0.3 is 5.97 Å². The number of benzene rings is 4. The van der Waals surface area contributed by atoms with Crippen LogP contribution in [0, 0.1) is 0 Å². The highest BCUT2D eigenvalue weighted by Gasteiger charge is 2.45. The van der Waals surface area contributed by atoms with Gasteiger partial charge in [0, 0.05) is 44.1 Å². The number of hydrogen-bond acceptors (Lipinski definition) is 13. The van der Waals surface area contributed by atoms with Gasteiger partial charge in [-0.25, -0.2) is 0 Å². The van der Waals surface area contributed by atoms with E-state index in [1.54, 1.807) is 36.4 Å². The summed E-state index contributed by atoms with van der Waals surface area (Å²) in [5.41, 5.74) is 10.9. The van der Waals surface area contributed by atoms with Crippen LogP contribution in [-0.2, 0) is 40.0 Å². The van der Waals surface area contributed by atoms with Crippen LogP contribution < -0.4 is 37.1 Å². The van der Waals surface area contributed by atoms with Crippen molar-refractivity contribution in [2.24, 2.45) is 5.73 Å². The maximum Gasteiger partial charge on any atom is 0.303 e. The van der Waals surface area contributed by atoms with E-state index in [-0.39, 0.29) is 62.9 Å². The summed E-state index contributed by atoms with van der Waals surface area (Å²) in [7, 11) is 0. The van der Waals surface area contributed by atoms with Gasteiger partial charge in [-0.2, -0.15) is 0 Å². The number of aliphatic hydroxyl groups is 2. The minimum absolute atomic E-state index is 0.0140. The highest BCUT2D eigenvalue weighted by Crippen LogP contribution is 2.28. The number of amides is 7. The summed E-state index contributed by atoms with van der Waals surface area (Å²) >= 11 is 0. The van der Waals surface area contributed by atoms with E-state index in [0.29, 0.717) is 12.2 Å². The Hall–Kier alpha value is -7.88. The van der Waals surface area contributed by atoms with Crippen molar-refractivity contribution in [2.75, 3.05) is 26.2 Å². The number of carbonyl (C=O) groups excluding carboxylic acids is 7. The maximum atomic E-state index is 14.4. The van der Waals surface area contributed by atoms with Crippen molar-refractivity contribution in [2.45, 2.75) is 139 Å². The van der Waals surface area contributed by atoms with E-state index in [1.807, 2.05) is 48.5 Å². The zero-order valence-corrected chi connectivity index (χ0v) is 44.5. The number of phenolic OH excluding ortho intramolecular Hbond substituents is 1. The van der Waals surface area contributed by atoms with Crippen molar-refractivity contribution < 1.29 is 63.5 Å². The molecule has 0 bridgehead atoms. The Kier molecular flexibility index (Phi) is 20.6. The van der Waals surface area contributed by atoms with Gasteiger partial charge in [-0.1, -0.05) is 80.4 Å². The van der Waals surface area contributed by atoms with Crippen molar-refractivity contribution in [3.05, 3.63) is 108 Å². The summed E-state index contributed by atoms with van der Waals surface area (Å²) in [5.74, 6) is -6.15. The third-order valence-corrected chi connectivity index (χ3v) is 14.5.